The number of para-hydroxylation sites is 3. The van der Waals surface area contributed by atoms with Crippen LogP contribution in [0.15, 0.2) is 180 Å². The summed E-state index contributed by atoms with van der Waals surface area (Å²) in [4.78, 5) is 10.5. The Hall–Kier alpha value is -7.24. The van der Waals surface area contributed by atoms with Crippen molar-refractivity contribution < 1.29 is 9.52 Å². The Bertz CT molecular complexity index is 3120. The molecule has 0 fully saturated rings. The van der Waals surface area contributed by atoms with Gasteiger partial charge >= 0.3 is 0 Å². The van der Waals surface area contributed by atoms with Crippen LogP contribution < -0.4 is 0 Å². The molecule has 10 aromatic rings. The summed E-state index contributed by atoms with van der Waals surface area (Å²) >= 11 is 0. The molecule has 7 aromatic carbocycles. The summed E-state index contributed by atoms with van der Waals surface area (Å²) < 4.78 is 8.52. The second-order valence-electron chi connectivity index (χ2n) is 15.6. The number of phenolic OH excluding ortho intramolecular Hbond substituents is 1. The first-order valence-corrected chi connectivity index (χ1v) is 19.3. The molecule has 3 aromatic heterocycles. The van der Waals surface area contributed by atoms with Crippen LogP contribution in [0.5, 0.6) is 5.75 Å². The number of imidazole rings is 1. The van der Waals surface area contributed by atoms with E-state index >= 15 is 0 Å². The molecule has 0 aliphatic carbocycles. The summed E-state index contributed by atoms with van der Waals surface area (Å²) in [6.07, 6.45) is 1.82. The van der Waals surface area contributed by atoms with E-state index in [-0.39, 0.29) is 11.2 Å². The predicted octanol–water partition coefficient (Wildman–Crippen LogP) is 13.7. The minimum atomic E-state index is -0.0594. The predicted molar refractivity (Wildman–Crippen MR) is 234 cm³/mol. The fraction of sp³-hybridized carbons (Fsp3) is 0.0769. The van der Waals surface area contributed by atoms with Crippen LogP contribution in [0.25, 0.3) is 94.7 Å². The molecule has 3 heterocycles. The Morgan fingerprint density at radius 3 is 2.02 bits per heavy atom. The number of fused-ring (bicyclic) bond motifs is 4. The normalized spacial score (nSPS) is 11.8. The second-order valence-corrected chi connectivity index (χ2v) is 15.6. The van der Waals surface area contributed by atoms with Crippen molar-refractivity contribution in [1.29, 1.82) is 0 Å². The molecule has 0 saturated carbocycles. The van der Waals surface area contributed by atoms with Gasteiger partial charge in [-0.15, -0.1) is 0 Å². The number of hydrogen-bond acceptors (Lipinski definition) is 4. The zero-order valence-electron chi connectivity index (χ0n) is 31.9. The topological polar surface area (TPSA) is 64.1 Å². The summed E-state index contributed by atoms with van der Waals surface area (Å²) in [6, 6.07) is 58.3. The molecule has 1 N–H and O–H groups in total. The standard InChI is InChI=1S/C52H39N3O2/c1-52(2,3)38-25-26-43(42(32-38)34-17-8-5-9-18-34)55-44-22-14-21-39(50(44)54-51(55)40-19-10-12-23-45(40)56)36-29-35(33-15-6-4-7-16-33)30-37(31-36)49-48-41-20-11-13-24-46(41)57-47(48)27-28-53-49/h4-32,56H,1-3H3. The Morgan fingerprint density at radius 1 is 0.544 bits per heavy atom. The molecule has 0 saturated heterocycles. The molecule has 0 aliphatic heterocycles. The number of phenols is 1. The highest BCUT2D eigenvalue weighted by molar-refractivity contribution is 6.12. The molecule has 0 aliphatic rings. The van der Waals surface area contributed by atoms with E-state index in [1.165, 1.54) is 5.56 Å². The van der Waals surface area contributed by atoms with E-state index in [4.69, 9.17) is 14.4 Å². The van der Waals surface area contributed by atoms with Gasteiger partial charge in [0.25, 0.3) is 0 Å². The second kappa shape index (κ2) is 13.5. The zero-order chi connectivity index (χ0) is 38.7. The van der Waals surface area contributed by atoms with Crippen LogP contribution in [0.4, 0.5) is 0 Å². The van der Waals surface area contributed by atoms with Crippen molar-refractivity contribution in [1.82, 2.24) is 14.5 Å². The number of furan rings is 1. The first-order valence-electron chi connectivity index (χ1n) is 19.3. The molecule has 0 unspecified atom stereocenters. The highest BCUT2D eigenvalue weighted by Gasteiger charge is 2.24. The molecule has 0 spiro atoms. The summed E-state index contributed by atoms with van der Waals surface area (Å²) in [5, 5.41) is 13.4. The molecule has 0 atom stereocenters. The van der Waals surface area contributed by atoms with Crippen molar-refractivity contribution in [2.75, 3.05) is 0 Å². The van der Waals surface area contributed by atoms with Gasteiger partial charge in [0, 0.05) is 28.3 Å². The lowest BCUT2D eigenvalue weighted by molar-refractivity contribution is 0.477. The van der Waals surface area contributed by atoms with Gasteiger partial charge in [-0.25, -0.2) is 4.98 Å². The van der Waals surface area contributed by atoms with E-state index < -0.39 is 0 Å². The number of aromatic nitrogens is 3. The van der Waals surface area contributed by atoms with Crippen LogP contribution in [0, 0.1) is 0 Å². The Balaban J connectivity index is 1.27. The fourth-order valence-corrected chi connectivity index (χ4v) is 8.07. The van der Waals surface area contributed by atoms with Crippen LogP contribution in [0.2, 0.25) is 0 Å². The van der Waals surface area contributed by atoms with Crippen LogP contribution in [-0.2, 0) is 5.41 Å². The number of nitrogens with zero attached hydrogens (tertiary/aromatic N) is 3. The molecular formula is C52H39N3O2. The van der Waals surface area contributed by atoms with Crippen molar-refractivity contribution in [3.63, 3.8) is 0 Å². The molecule has 0 bridgehead atoms. The molecular weight excluding hydrogens is 699 g/mol. The molecule has 5 heteroatoms. The largest absolute Gasteiger partial charge is 0.507 e. The molecule has 0 radical (unpaired) electrons. The lowest BCUT2D eigenvalue weighted by Gasteiger charge is -2.23. The van der Waals surface area contributed by atoms with Crippen LogP contribution >= 0.6 is 0 Å². The first kappa shape index (κ1) is 34.3. The lowest BCUT2D eigenvalue weighted by Crippen LogP contribution is -2.12. The quantitative estimate of drug-likeness (QED) is 0.185. The summed E-state index contributed by atoms with van der Waals surface area (Å²) in [6.45, 7) is 6.73. The zero-order valence-corrected chi connectivity index (χ0v) is 31.9. The molecule has 5 nitrogen and oxygen atoms in total. The monoisotopic (exact) mass is 737 g/mol. The minimum absolute atomic E-state index is 0.0594. The Kier molecular flexibility index (Phi) is 8.12. The van der Waals surface area contributed by atoms with Crippen LogP contribution in [0.3, 0.4) is 0 Å². The Morgan fingerprint density at radius 2 is 1.23 bits per heavy atom. The van der Waals surface area contributed by atoms with Gasteiger partial charge in [-0.2, -0.15) is 0 Å². The van der Waals surface area contributed by atoms with E-state index in [2.05, 4.69) is 135 Å². The number of benzene rings is 7. The fourth-order valence-electron chi connectivity index (χ4n) is 8.07. The van der Waals surface area contributed by atoms with Crippen molar-refractivity contribution >= 4 is 33.0 Å². The van der Waals surface area contributed by atoms with Crippen molar-refractivity contribution in [3.05, 3.63) is 182 Å². The lowest BCUT2D eigenvalue weighted by atomic mass is 9.85. The summed E-state index contributed by atoms with van der Waals surface area (Å²) in [5.41, 5.74) is 14.4. The van der Waals surface area contributed by atoms with Crippen LogP contribution in [-0.4, -0.2) is 19.6 Å². The number of rotatable bonds is 6. The van der Waals surface area contributed by atoms with Gasteiger partial charge in [0.15, 0.2) is 0 Å². The number of pyridine rings is 1. The molecule has 0 amide bonds. The molecule has 274 valence electrons. The first-order chi connectivity index (χ1) is 27.8. The third-order valence-corrected chi connectivity index (χ3v) is 10.9. The number of aromatic hydroxyl groups is 1. The van der Waals surface area contributed by atoms with E-state index in [1.54, 1.807) is 6.07 Å². The van der Waals surface area contributed by atoms with Gasteiger partial charge in [-0.1, -0.05) is 130 Å². The average Bonchev–Trinajstić information content (AvgIpc) is 3.83. The SMILES string of the molecule is CC(C)(C)c1ccc(-n2c(-c3ccccc3O)nc3c(-c4cc(-c5ccccc5)cc(-c5nccc6oc7ccccc7c56)c4)cccc32)c(-c2ccccc2)c1. The Labute approximate surface area is 331 Å². The smallest absolute Gasteiger partial charge is 0.149 e. The van der Waals surface area contributed by atoms with Gasteiger partial charge < -0.3 is 9.52 Å². The number of hydrogen-bond donors (Lipinski definition) is 1. The van der Waals surface area contributed by atoms with E-state index in [9.17, 15) is 5.11 Å². The summed E-state index contributed by atoms with van der Waals surface area (Å²) in [7, 11) is 0. The van der Waals surface area contributed by atoms with Gasteiger partial charge in [-0.3, -0.25) is 9.55 Å². The van der Waals surface area contributed by atoms with Gasteiger partial charge in [0.2, 0.25) is 0 Å². The molecule has 57 heavy (non-hydrogen) atoms. The average molecular weight is 738 g/mol. The summed E-state index contributed by atoms with van der Waals surface area (Å²) in [5.74, 6) is 0.829. The van der Waals surface area contributed by atoms with E-state index in [1.807, 2.05) is 60.8 Å². The third-order valence-electron chi connectivity index (χ3n) is 10.9. The van der Waals surface area contributed by atoms with Crippen LogP contribution in [0.1, 0.15) is 26.3 Å². The van der Waals surface area contributed by atoms with E-state index in [0.717, 1.165) is 83.3 Å². The van der Waals surface area contributed by atoms with Crippen molar-refractivity contribution in [2.45, 2.75) is 26.2 Å². The maximum atomic E-state index is 11.4. The van der Waals surface area contributed by atoms with Gasteiger partial charge in [0.05, 0.1) is 33.4 Å². The van der Waals surface area contributed by atoms with Gasteiger partial charge in [-0.05, 0) is 93.9 Å². The molecule has 10 rings (SSSR count). The highest BCUT2D eigenvalue weighted by Crippen LogP contribution is 2.43. The third kappa shape index (κ3) is 5.96. The van der Waals surface area contributed by atoms with Crippen molar-refractivity contribution in [2.24, 2.45) is 0 Å². The highest BCUT2D eigenvalue weighted by atomic mass is 16.3. The maximum absolute atomic E-state index is 11.4. The van der Waals surface area contributed by atoms with Crippen molar-refractivity contribution in [3.8, 4) is 67.5 Å². The maximum Gasteiger partial charge on any atom is 0.149 e. The minimum Gasteiger partial charge on any atom is -0.507 e. The van der Waals surface area contributed by atoms with Gasteiger partial charge in [0.1, 0.15) is 22.7 Å². The van der Waals surface area contributed by atoms with E-state index in [0.29, 0.717) is 11.4 Å².